The predicted molar refractivity (Wildman–Crippen MR) is 206 cm³/mol. The van der Waals surface area contributed by atoms with E-state index < -0.39 is 43.9 Å². The molecule has 0 radical (unpaired) electrons. The molecule has 0 aliphatic carbocycles. The third-order valence-electron chi connectivity index (χ3n) is 8.63. The van der Waals surface area contributed by atoms with Gasteiger partial charge in [-0.05, 0) is 119 Å². The molecule has 0 bridgehead atoms. The quantitative estimate of drug-likeness (QED) is 0.0532. The second-order valence-corrected chi connectivity index (χ2v) is 15.4. The number of phenols is 2. The summed E-state index contributed by atoms with van der Waals surface area (Å²) in [6.45, 7) is 3.25. The van der Waals surface area contributed by atoms with Crippen LogP contribution in [0.5, 0.6) is 11.5 Å². The summed E-state index contributed by atoms with van der Waals surface area (Å²) in [5.74, 6) is -4.36. The van der Waals surface area contributed by atoms with E-state index in [1.807, 2.05) is 0 Å². The zero-order valence-corrected chi connectivity index (χ0v) is 30.7. The molecular weight excluding hydrogens is 769 g/mol. The molecule has 0 aliphatic heterocycles. The molecule has 4 amide bonds. The van der Waals surface area contributed by atoms with E-state index in [4.69, 9.17) is 0 Å². The topological polar surface area (TPSA) is 266 Å². The molecule has 0 aromatic heterocycles. The lowest BCUT2D eigenvalue weighted by Crippen LogP contribution is -2.29. The largest absolute Gasteiger partial charge is 0.506 e. The smallest absolute Gasteiger partial charge is 0.314 e. The molecule has 56 heavy (non-hydrogen) atoms. The van der Waals surface area contributed by atoms with Gasteiger partial charge in [-0.3, -0.25) is 28.3 Å². The van der Waals surface area contributed by atoms with Crippen molar-refractivity contribution in [1.29, 1.82) is 0 Å². The number of fused-ring (bicyclic) bond motifs is 2. The molecule has 286 valence electrons. The highest BCUT2D eigenvalue weighted by molar-refractivity contribution is 7.86. The molecule has 0 saturated heterocycles. The van der Waals surface area contributed by atoms with Crippen molar-refractivity contribution >= 4 is 88.2 Å². The number of benzene rings is 6. The Morgan fingerprint density at radius 3 is 1.20 bits per heavy atom. The number of rotatable bonds is 8. The van der Waals surface area contributed by atoms with Gasteiger partial charge < -0.3 is 31.5 Å². The average molecular weight is 799 g/mol. The molecule has 0 unspecified atom stereocenters. The average Bonchev–Trinajstić information content (AvgIpc) is 3.12. The van der Waals surface area contributed by atoms with E-state index >= 15 is 0 Å². The van der Waals surface area contributed by atoms with Gasteiger partial charge in [-0.15, -0.1) is 0 Å². The second kappa shape index (κ2) is 14.8. The normalized spacial score (nSPS) is 11.6. The monoisotopic (exact) mass is 798 g/mol. The summed E-state index contributed by atoms with van der Waals surface area (Å²) < 4.78 is 64.6. The first-order valence-electron chi connectivity index (χ1n) is 16.2. The third-order valence-corrected chi connectivity index (χ3v) is 10.3. The van der Waals surface area contributed by atoms with Crippen molar-refractivity contribution in [3.05, 3.63) is 119 Å². The molecule has 6 aromatic rings. The van der Waals surface area contributed by atoms with Crippen molar-refractivity contribution in [2.24, 2.45) is 0 Å². The maximum atomic E-state index is 13.3. The van der Waals surface area contributed by atoms with Crippen LogP contribution in [-0.4, -0.2) is 59.8 Å². The Morgan fingerprint density at radius 2 is 0.839 bits per heavy atom. The lowest BCUT2D eigenvalue weighted by Gasteiger charge is -2.13. The molecule has 0 spiro atoms. The van der Waals surface area contributed by atoms with Crippen LogP contribution in [0, 0.1) is 13.8 Å². The van der Waals surface area contributed by atoms with Crippen LogP contribution in [0.15, 0.2) is 107 Å². The molecule has 18 heteroatoms. The summed E-state index contributed by atoms with van der Waals surface area (Å²) in [5.41, 5.74) is 1.27. The minimum Gasteiger partial charge on any atom is -0.506 e. The first-order chi connectivity index (χ1) is 26.3. The minimum absolute atomic E-state index is 0.00704. The van der Waals surface area contributed by atoms with Crippen molar-refractivity contribution < 1.29 is 55.3 Å². The van der Waals surface area contributed by atoms with Crippen LogP contribution in [0.3, 0.4) is 0 Å². The van der Waals surface area contributed by atoms with E-state index in [2.05, 4.69) is 21.3 Å². The lowest BCUT2D eigenvalue weighted by molar-refractivity contribution is -0.132. The van der Waals surface area contributed by atoms with Crippen molar-refractivity contribution in [2.45, 2.75) is 23.6 Å². The fourth-order valence-corrected chi connectivity index (χ4v) is 6.72. The van der Waals surface area contributed by atoms with Gasteiger partial charge in [0.25, 0.3) is 32.1 Å². The first kappa shape index (κ1) is 38.9. The van der Waals surface area contributed by atoms with Crippen LogP contribution in [-0.2, 0) is 29.8 Å². The molecule has 16 nitrogen and oxygen atoms in total. The highest BCUT2D eigenvalue weighted by Crippen LogP contribution is 2.33. The predicted octanol–water partition coefficient (Wildman–Crippen LogP) is 5.60. The summed E-state index contributed by atoms with van der Waals surface area (Å²) in [6, 6.07) is 21.3. The zero-order chi connectivity index (χ0) is 40.7. The maximum absolute atomic E-state index is 13.3. The first-order valence-corrected chi connectivity index (χ1v) is 19.1. The molecule has 0 heterocycles. The Bertz CT molecular complexity index is 2700. The SMILES string of the molecule is Cc1ccc(NC(=O)C(=O)Nc2ccc(C)c(C(=O)Nc3cc4ccc(S(=O)(=O)O)cc4cc3O)c2)cc1C(=O)Nc1cc2ccc(S(=O)(=O)O)cc2cc1O. The highest BCUT2D eigenvalue weighted by atomic mass is 32.2. The van der Waals surface area contributed by atoms with Gasteiger partial charge in [0.1, 0.15) is 11.5 Å². The molecule has 0 saturated carbocycles. The van der Waals surface area contributed by atoms with Gasteiger partial charge in [0.2, 0.25) is 0 Å². The number of hydrogen-bond donors (Lipinski definition) is 8. The Balaban J connectivity index is 1.13. The van der Waals surface area contributed by atoms with E-state index in [1.165, 1.54) is 72.8 Å². The minimum atomic E-state index is -4.48. The van der Waals surface area contributed by atoms with Gasteiger partial charge in [-0.1, -0.05) is 24.3 Å². The van der Waals surface area contributed by atoms with E-state index in [-0.39, 0.29) is 65.9 Å². The molecule has 0 fully saturated rings. The summed E-state index contributed by atoms with van der Waals surface area (Å²) in [4.78, 5) is 51.6. The number of phenolic OH excluding ortho intramolecular Hbond substituents is 2. The Labute approximate surface area is 318 Å². The molecule has 0 atom stereocenters. The van der Waals surface area contributed by atoms with Crippen molar-refractivity contribution in [1.82, 2.24) is 0 Å². The number of anilines is 4. The zero-order valence-electron chi connectivity index (χ0n) is 29.1. The number of amides is 4. The number of aromatic hydroxyl groups is 2. The number of aryl methyl sites for hydroxylation is 2. The van der Waals surface area contributed by atoms with Crippen LogP contribution < -0.4 is 21.3 Å². The molecule has 0 aliphatic rings. The lowest BCUT2D eigenvalue weighted by atomic mass is 10.1. The van der Waals surface area contributed by atoms with E-state index in [9.17, 15) is 55.3 Å². The highest BCUT2D eigenvalue weighted by Gasteiger charge is 2.20. The van der Waals surface area contributed by atoms with E-state index in [1.54, 1.807) is 13.8 Å². The van der Waals surface area contributed by atoms with Gasteiger partial charge in [0, 0.05) is 22.5 Å². The molecular formula is C38H30N4O12S2. The summed E-state index contributed by atoms with van der Waals surface area (Å²) >= 11 is 0. The van der Waals surface area contributed by atoms with Gasteiger partial charge in [-0.25, -0.2) is 0 Å². The molecule has 6 rings (SSSR count). The fourth-order valence-electron chi connectivity index (χ4n) is 5.69. The number of carbonyl (C=O) groups excluding carboxylic acids is 4. The second-order valence-electron chi connectivity index (χ2n) is 12.6. The Morgan fingerprint density at radius 1 is 0.464 bits per heavy atom. The number of hydrogen-bond acceptors (Lipinski definition) is 10. The summed E-state index contributed by atoms with van der Waals surface area (Å²) in [7, 11) is -8.96. The van der Waals surface area contributed by atoms with Crippen LogP contribution in [0.2, 0.25) is 0 Å². The van der Waals surface area contributed by atoms with E-state index in [0.29, 0.717) is 21.9 Å². The standard InChI is InChI=1S/C38H30N4O12S2/c1-19-3-7-25(17-29(19)35(45)41-31-13-21-5-9-27(55(49,50)51)11-23(21)15-33(31)43)39-37(47)38(48)40-26-8-4-20(2)30(18-26)36(46)42-32-14-22-6-10-28(56(52,53)54)12-24(22)16-34(32)44/h3-18,43-44H,1-2H3,(H,39,47)(H,40,48)(H,41,45)(H,42,46)(H,49,50,51)(H,52,53,54). The van der Waals surface area contributed by atoms with Crippen molar-refractivity contribution in [2.75, 3.05) is 21.3 Å². The summed E-state index contributed by atoms with van der Waals surface area (Å²) in [5, 5.41) is 32.5. The van der Waals surface area contributed by atoms with Crippen molar-refractivity contribution in [3.63, 3.8) is 0 Å². The maximum Gasteiger partial charge on any atom is 0.314 e. The van der Waals surface area contributed by atoms with Crippen LogP contribution in [0.1, 0.15) is 31.8 Å². The number of nitrogens with one attached hydrogen (secondary N) is 4. The summed E-state index contributed by atoms with van der Waals surface area (Å²) in [6.07, 6.45) is 0. The van der Waals surface area contributed by atoms with E-state index in [0.717, 1.165) is 24.3 Å². The van der Waals surface area contributed by atoms with Crippen LogP contribution >= 0.6 is 0 Å². The van der Waals surface area contributed by atoms with Crippen LogP contribution in [0.4, 0.5) is 22.7 Å². The van der Waals surface area contributed by atoms with Gasteiger partial charge in [0.05, 0.1) is 21.2 Å². The molecule has 6 aromatic carbocycles. The van der Waals surface area contributed by atoms with Crippen LogP contribution in [0.25, 0.3) is 21.5 Å². The molecule has 8 N–H and O–H groups in total. The fraction of sp³-hybridized carbons (Fsp3) is 0.0526. The van der Waals surface area contributed by atoms with Gasteiger partial charge >= 0.3 is 11.8 Å². The Kier molecular flexibility index (Phi) is 10.2. The third kappa shape index (κ3) is 8.43. The van der Waals surface area contributed by atoms with Gasteiger partial charge in [-0.2, -0.15) is 16.8 Å². The number of carbonyl (C=O) groups is 4. The Hall–Kier alpha value is -6.86. The van der Waals surface area contributed by atoms with Gasteiger partial charge in [0.15, 0.2) is 0 Å². The van der Waals surface area contributed by atoms with Crippen molar-refractivity contribution in [3.8, 4) is 11.5 Å².